The third kappa shape index (κ3) is 5.64. The number of benzene rings is 2. The molecular weight excluding hydrogens is 414 g/mol. The van der Waals surface area contributed by atoms with E-state index in [-0.39, 0.29) is 5.91 Å². The van der Waals surface area contributed by atoms with Gasteiger partial charge in [0.05, 0.1) is 18.1 Å². The van der Waals surface area contributed by atoms with Gasteiger partial charge in [0.2, 0.25) is 0 Å². The molecule has 1 fully saturated rings. The fourth-order valence-electron chi connectivity index (χ4n) is 3.03. The maximum Gasteiger partial charge on any atom is 0.265 e. The molecule has 2 aromatic rings. The second-order valence-electron chi connectivity index (χ2n) is 7.56. The molecule has 0 bridgehead atoms. The number of ether oxygens (including phenoxy) is 2. The van der Waals surface area contributed by atoms with Crippen molar-refractivity contribution in [2.45, 2.75) is 33.1 Å². The fourth-order valence-corrected chi connectivity index (χ4v) is 4.21. The van der Waals surface area contributed by atoms with Gasteiger partial charge >= 0.3 is 0 Å². The van der Waals surface area contributed by atoms with Crippen LogP contribution in [0.5, 0.6) is 11.5 Å². The number of thioether (sulfide) groups is 1. The molecule has 3 rings (SSSR count). The maximum atomic E-state index is 12.1. The van der Waals surface area contributed by atoms with Crippen LogP contribution < -0.4 is 9.47 Å². The summed E-state index contributed by atoms with van der Waals surface area (Å²) in [6, 6.07) is 14.1. The van der Waals surface area contributed by atoms with Gasteiger partial charge in [-0.25, -0.2) is 0 Å². The van der Waals surface area contributed by atoms with Crippen LogP contribution in [0.3, 0.4) is 0 Å². The summed E-state index contributed by atoms with van der Waals surface area (Å²) in [5.74, 6) is 2.14. The molecule has 1 amide bonds. The average Bonchev–Trinajstić information content (AvgIpc) is 2.95. The molecule has 1 saturated heterocycles. The highest BCUT2D eigenvalue weighted by Gasteiger charge is 2.28. The van der Waals surface area contributed by atoms with Crippen molar-refractivity contribution < 1.29 is 14.3 Å². The van der Waals surface area contributed by atoms with Crippen LogP contribution in [-0.4, -0.2) is 35.4 Å². The molecule has 1 aliphatic heterocycles. The van der Waals surface area contributed by atoms with Crippen LogP contribution in [0.25, 0.3) is 6.08 Å². The lowest BCUT2D eigenvalue weighted by atomic mass is 10.0. The van der Waals surface area contributed by atoms with Crippen LogP contribution in [-0.2, 0) is 4.79 Å². The third-order valence-electron chi connectivity index (χ3n) is 4.77. The second kappa shape index (κ2) is 10.1. The summed E-state index contributed by atoms with van der Waals surface area (Å²) in [7, 11) is 1.70. The number of thiocarbonyl (C=S) groups is 1. The molecule has 1 heterocycles. The predicted molar refractivity (Wildman–Crippen MR) is 128 cm³/mol. The molecule has 0 aromatic heterocycles. The van der Waals surface area contributed by atoms with Crippen molar-refractivity contribution in [3.05, 3.63) is 64.1 Å². The fraction of sp³-hybridized carbons (Fsp3) is 0.333. The Morgan fingerprint density at radius 3 is 2.43 bits per heavy atom. The molecular formula is C24H27NO3S2. The number of carbonyl (C=O) groups excluding carboxylic acids is 1. The number of rotatable bonds is 8. The van der Waals surface area contributed by atoms with Crippen molar-refractivity contribution in [2.75, 3.05) is 20.3 Å². The normalized spacial score (nSPS) is 15.4. The first-order chi connectivity index (χ1) is 14.3. The molecule has 0 N–H and O–H groups in total. The highest BCUT2D eigenvalue weighted by atomic mass is 32.2. The zero-order valence-corrected chi connectivity index (χ0v) is 19.4. The van der Waals surface area contributed by atoms with Crippen molar-refractivity contribution in [3.8, 4) is 11.5 Å². The minimum Gasteiger partial charge on any atom is -0.493 e. The van der Waals surface area contributed by atoms with Gasteiger partial charge in [-0.3, -0.25) is 9.69 Å². The van der Waals surface area contributed by atoms with E-state index in [1.807, 2.05) is 30.3 Å². The van der Waals surface area contributed by atoms with Gasteiger partial charge in [0.15, 0.2) is 0 Å². The molecule has 4 nitrogen and oxygen atoms in total. The summed E-state index contributed by atoms with van der Waals surface area (Å²) in [5, 5.41) is 0. The third-order valence-corrected chi connectivity index (χ3v) is 6.26. The Kier molecular flexibility index (Phi) is 7.56. The Hall–Kier alpha value is -2.31. The van der Waals surface area contributed by atoms with Crippen LogP contribution in [0.4, 0.5) is 0 Å². The number of likely N-dealkylation sites (N-methyl/N-ethyl adjacent to an activating group) is 1. The molecule has 0 atom stereocenters. The van der Waals surface area contributed by atoms with Gasteiger partial charge in [0.25, 0.3) is 5.91 Å². The number of amides is 1. The van der Waals surface area contributed by atoms with E-state index in [4.69, 9.17) is 21.7 Å². The summed E-state index contributed by atoms with van der Waals surface area (Å²) < 4.78 is 12.4. The molecule has 1 aliphatic rings. The topological polar surface area (TPSA) is 38.8 Å². The molecule has 6 heteroatoms. The number of carbonyl (C=O) groups is 1. The monoisotopic (exact) mass is 441 g/mol. The molecule has 158 valence electrons. The zero-order valence-electron chi connectivity index (χ0n) is 17.8. The van der Waals surface area contributed by atoms with Gasteiger partial charge < -0.3 is 9.47 Å². The van der Waals surface area contributed by atoms with E-state index in [0.717, 1.165) is 23.5 Å². The standard InChI is InChI=1S/C24H27NO3S2/c1-16(2)20-11-6-17(3)14-21(20)28-13-5-12-27-19-9-7-18(8-10-19)15-22-23(26)25(4)24(29)30-22/h6-11,14-16H,5,12-13H2,1-4H3/b22-15+. The Morgan fingerprint density at radius 1 is 1.10 bits per heavy atom. The minimum absolute atomic E-state index is 0.0560. The molecule has 0 aliphatic carbocycles. The van der Waals surface area contributed by atoms with Crippen LogP contribution in [0.2, 0.25) is 0 Å². The highest BCUT2D eigenvalue weighted by molar-refractivity contribution is 8.26. The summed E-state index contributed by atoms with van der Waals surface area (Å²) in [5.41, 5.74) is 3.38. The molecule has 0 spiro atoms. The van der Waals surface area contributed by atoms with Crippen LogP contribution in [0.1, 0.15) is 42.9 Å². The van der Waals surface area contributed by atoms with E-state index in [2.05, 4.69) is 39.0 Å². The molecule has 30 heavy (non-hydrogen) atoms. The van der Waals surface area contributed by atoms with E-state index in [1.54, 1.807) is 7.05 Å². The second-order valence-corrected chi connectivity index (χ2v) is 9.23. The molecule has 0 saturated carbocycles. The Morgan fingerprint density at radius 2 is 1.80 bits per heavy atom. The number of nitrogens with zero attached hydrogens (tertiary/aromatic N) is 1. The lowest BCUT2D eigenvalue weighted by Gasteiger charge is -2.15. The highest BCUT2D eigenvalue weighted by Crippen LogP contribution is 2.31. The number of aryl methyl sites for hydroxylation is 1. The van der Waals surface area contributed by atoms with Crippen molar-refractivity contribution in [3.63, 3.8) is 0 Å². The van der Waals surface area contributed by atoms with Crippen LogP contribution in [0, 0.1) is 6.92 Å². The largest absolute Gasteiger partial charge is 0.493 e. The molecule has 2 aromatic carbocycles. The van der Waals surface area contributed by atoms with E-state index in [9.17, 15) is 4.79 Å². The first kappa shape index (κ1) is 22.4. The smallest absolute Gasteiger partial charge is 0.265 e. The van der Waals surface area contributed by atoms with Gasteiger partial charge in [-0.2, -0.15) is 0 Å². The predicted octanol–water partition coefficient (Wildman–Crippen LogP) is 5.80. The lowest BCUT2D eigenvalue weighted by molar-refractivity contribution is -0.121. The Bertz CT molecular complexity index is 951. The van der Waals surface area contributed by atoms with E-state index in [0.29, 0.717) is 28.4 Å². The van der Waals surface area contributed by atoms with Crippen molar-refractivity contribution in [1.82, 2.24) is 4.90 Å². The Labute approximate surface area is 188 Å². The van der Waals surface area contributed by atoms with Gasteiger partial charge in [-0.15, -0.1) is 0 Å². The molecule has 0 radical (unpaired) electrons. The van der Waals surface area contributed by atoms with Crippen LogP contribution >= 0.6 is 24.0 Å². The zero-order chi connectivity index (χ0) is 21.7. The SMILES string of the molecule is Cc1ccc(C(C)C)c(OCCCOc2ccc(/C=C3/SC(=S)N(C)C3=O)cc2)c1. The van der Waals surface area contributed by atoms with Gasteiger partial charge in [0.1, 0.15) is 15.8 Å². The lowest BCUT2D eigenvalue weighted by Crippen LogP contribution is -2.22. The molecule has 0 unspecified atom stereocenters. The Balaban J connectivity index is 1.47. The maximum absolute atomic E-state index is 12.1. The average molecular weight is 442 g/mol. The van der Waals surface area contributed by atoms with Gasteiger partial charge in [0, 0.05) is 13.5 Å². The van der Waals surface area contributed by atoms with E-state index in [1.165, 1.54) is 27.8 Å². The number of hydrogen-bond acceptors (Lipinski definition) is 5. The summed E-state index contributed by atoms with van der Waals surface area (Å²) >= 11 is 6.48. The van der Waals surface area contributed by atoms with E-state index < -0.39 is 0 Å². The summed E-state index contributed by atoms with van der Waals surface area (Å²) in [6.07, 6.45) is 2.65. The van der Waals surface area contributed by atoms with Gasteiger partial charge in [-0.05, 0) is 53.8 Å². The summed E-state index contributed by atoms with van der Waals surface area (Å²) in [4.78, 5) is 14.2. The van der Waals surface area contributed by atoms with Crippen molar-refractivity contribution >= 4 is 40.3 Å². The van der Waals surface area contributed by atoms with Crippen molar-refractivity contribution in [1.29, 1.82) is 0 Å². The first-order valence-corrected chi connectivity index (χ1v) is 11.3. The quantitative estimate of drug-likeness (QED) is 0.294. The van der Waals surface area contributed by atoms with Crippen molar-refractivity contribution in [2.24, 2.45) is 0 Å². The van der Waals surface area contributed by atoms with E-state index >= 15 is 0 Å². The van der Waals surface area contributed by atoms with Gasteiger partial charge in [-0.1, -0.05) is 62.1 Å². The number of hydrogen-bond donors (Lipinski definition) is 0. The summed E-state index contributed by atoms with van der Waals surface area (Å²) in [6.45, 7) is 7.62. The minimum atomic E-state index is -0.0560. The van der Waals surface area contributed by atoms with Crippen LogP contribution in [0.15, 0.2) is 47.4 Å². The first-order valence-electron chi connectivity index (χ1n) is 10.0.